The maximum Gasteiger partial charge on any atom is 0.253 e. The molecule has 0 N–H and O–H groups in total. The smallest absolute Gasteiger partial charge is 0.253 e. The SMILES string of the molecule is CC(C)C(C)c1ccc2c(c1)CCN(C)C2=O. The van der Waals surface area contributed by atoms with Crippen molar-refractivity contribution in [3.8, 4) is 0 Å². The lowest BCUT2D eigenvalue weighted by Gasteiger charge is -2.26. The van der Waals surface area contributed by atoms with Gasteiger partial charge in [0.15, 0.2) is 0 Å². The van der Waals surface area contributed by atoms with Gasteiger partial charge < -0.3 is 4.90 Å². The van der Waals surface area contributed by atoms with Crippen LogP contribution in [0.4, 0.5) is 0 Å². The van der Waals surface area contributed by atoms with Gasteiger partial charge in [0.2, 0.25) is 0 Å². The number of amides is 1. The molecule has 2 heteroatoms. The molecule has 1 heterocycles. The van der Waals surface area contributed by atoms with Crippen LogP contribution in [0.25, 0.3) is 0 Å². The highest BCUT2D eigenvalue weighted by Gasteiger charge is 2.22. The zero-order valence-electron chi connectivity index (χ0n) is 11.2. The zero-order chi connectivity index (χ0) is 12.6. The average molecular weight is 231 g/mol. The minimum atomic E-state index is 0.162. The third-order valence-electron chi connectivity index (χ3n) is 3.95. The topological polar surface area (TPSA) is 20.3 Å². The normalized spacial score (nSPS) is 17.2. The van der Waals surface area contributed by atoms with Crippen molar-refractivity contribution in [1.29, 1.82) is 0 Å². The molecule has 17 heavy (non-hydrogen) atoms. The number of fused-ring (bicyclic) bond motifs is 1. The average Bonchev–Trinajstić information content (AvgIpc) is 2.32. The predicted molar refractivity (Wildman–Crippen MR) is 70.4 cm³/mol. The first-order chi connectivity index (χ1) is 8.00. The molecular formula is C15H21NO. The Balaban J connectivity index is 2.35. The van der Waals surface area contributed by atoms with Crippen molar-refractivity contribution in [1.82, 2.24) is 4.90 Å². The first-order valence-electron chi connectivity index (χ1n) is 6.39. The van der Waals surface area contributed by atoms with Crippen molar-refractivity contribution in [2.75, 3.05) is 13.6 Å². The third-order valence-corrected chi connectivity index (χ3v) is 3.95. The van der Waals surface area contributed by atoms with E-state index in [9.17, 15) is 4.79 Å². The Bertz CT molecular complexity index is 437. The Morgan fingerprint density at radius 2 is 1.94 bits per heavy atom. The first-order valence-corrected chi connectivity index (χ1v) is 6.39. The van der Waals surface area contributed by atoms with E-state index in [4.69, 9.17) is 0 Å². The first kappa shape index (κ1) is 12.2. The predicted octanol–water partition coefficient (Wildman–Crippen LogP) is 3.07. The molecule has 1 aliphatic heterocycles. The molecule has 0 aliphatic carbocycles. The van der Waals surface area contributed by atoms with Crippen molar-refractivity contribution >= 4 is 5.91 Å². The van der Waals surface area contributed by atoms with Gasteiger partial charge in [-0.05, 0) is 35.4 Å². The molecule has 0 bridgehead atoms. The van der Waals surface area contributed by atoms with Crippen LogP contribution in [0.5, 0.6) is 0 Å². The molecule has 2 rings (SSSR count). The summed E-state index contributed by atoms with van der Waals surface area (Å²) >= 11 is 0. The quantitative estimate of drug-likeness (QED) is 0.766. The number of rotatable bonds is 2. The zero-order valence-corrected chi connectivity index (χ0v) is 11.2. The largest absolute Gasteiger partial charge is 0.341 e. The number of nitrogens with zero attached hydrogens (tertiary/aromatic N) is 1. The van der Waals surface area contributed by atoms with Gasteiger partial charge in [-0.1, -0.05) is 32.9 Å². The van der Waals surface area contributed by atoms with Crippen LogP contribution in [0.2, 0.25) is 0 Å². The summed E-state index contributed by atoms with van der Waals surface area (Å²) in [7, 11) is 1.87. The highest BCUT2D eigenvalue weighted by Crippen LogP contribution is 2.27. The van der Waals surface area contributed by atoms with E-state index in [0.29, 0.717) is 11.8 Å². The number of hydrogen-bond acceptors (Lipinski definition) is 1. The minimum Gasteiger partial charge on any atom is -0.341 e. The van der Waals surface area contributed by atoms with Gasteiger partial charge in [0.25, 0.3) is 5.91 Å². The maximum atomic E-state index is 12.0. The van der Waals surface area contributed by atoms with Crippen molar-refractivity contribution in [3.05, 3.63) is 34.9 Å². The van der Waals surface area contributed by atoms with Crippen molar-refractivity contribution in [2.24, 2.45) is 5.92 Å². The molecule has 1 amide bonds. The van der Waals surface area contributed by atoms with Crippen LogP contribution < -0.4 is 0 Å². The van der Waals surface area contributed by atoms with Crippen LogP contribution in [0.15, 0.2) is 18.2 Å². The van der Waals surface area contributed by atoms with Gasteiger partial charge in [-0.3, -0.25) is 4.79 Å². The molecule has 0 spiro atoms. The molecule has 1 atom stereocenters. The lowest BCUT2D eigenvalue weighted by molar-refractivity contribution is 0.0781. The lowest BCUT2D eigenvalue weighted by atomic mass is 9.87. The number of likely N-dealkylation sites (N-methyl/N-ethyl adjacent to an activating group) is 1. The van der Waals surface area contributed by atoms with E-state index in [1.165, 1.54) is 11.1 Å². The van der Waals surface area contributed by atoms with Gasteiger partial charge in [-0.25, -0.2) is 0 Å². The van der Waals surface area contributed by atoms with E-state index in [2.05, 4.69) is 32.9 Å². The molecule has 0 saturated heterocycles. The standard InChI is InChI=1S/C15H21NO/c1-10(2)11(3)12-5-6-14-13(9-12)7-8-16(4)15(14)17/h5-6,9-11H,7-8H2,1-4H3. The Morgan fingerprint density at radius 1 is 1.24 bits per heavy atom. The maximum absolute atomic E-state index is 12.0. The molecule has 0 radical (unpaired) electrons. The van der Waals surface area contributed by atoms with E-state index >= 15 is 0 Å². The molecule has 0 saturated carbocycles. The van der Waals surface area contributed by atoms with Gasteiger partial charge in [0, 0.05) is 19.2 Å². The minimum absolute atomic E-state index is 0.162. The summed E-state index contributed by atoms with van der Waals surface area (Å²) in [6.45, 7) is 7.57. The van der Waals surface area contributed by atoms with Crippen LogP contribution in [0.3, 0.4) is 0 Å². The number of benzene rings is 1. The fraction of sp³-hybridized carbons (Fsp3) is 0.533. The van der Waals surface area contributed by atoms with E-state index in [1.807, 2.05) is 13.1 Å². The van der Waals surface area contributed by atoms with Gasteiger partial charge in [-0.2, -0.15) is 0 Å². The summed E-state index contributed by atoms with van der Waals surface area (Å²) < 4.78 is 0. The fourth-order valence-corrected chi connectivity index (χ4v) is 2.29. The highest BCUT2D eigenvalue weighted by atomic mass is 16.2. The molecule has 92 valence electrons. The highest BCUT2D eigenvalue weighted by molar-refractivity contribution is 5.96. The second-order valence-electron chi connectivity index (χ2n) is 5.43. The molecule has 0 aromatic heterocycles. The summed E-state index contributed by atoms with van der Waals surface area (Å²) in [5, 5.41) is 0. The van der Waals surface area contributed by atoms with Gasteiger partial charge in [0.05, 0.1) is 0 Å². The van der Waals surface area contributed by atoms with Crippen molar-refractivity contribution in [3.63, 3.8) is 0 Å². The number of hydrogen-bond donors (Lipinski definition) is 0. The molecular weight excluding hydrogens is 210 g/mol. The van der Waals surface area contributed by atoms with E-state index in [0.717, 1.165) is 18.5 Å². The Labute approximate surface area is 104 Å². The Kier molecular flexibility index (Phi) is 3.23. The summed E-state index contributed by atoms with van der Waals surface area (Å²) in [6.07, 6.45) is 0.982. The summed E-state index contributed by atoms with van der Waals surface area (Å²) in [6, 6.07) is 6.34. The number of carbonyl (C=O) groups is 1. The lowest BCUT2D eigenvalue weighted by Crippen LogP contribution is -2.34. The molecule has 1 aliphatic rings. The van der Waals surface area contributed by atoms with Crippen LogP contribution in [-0.2, 0) is 6.42 Å². The van der Waals surface area contributed by atoms with E-state index in [-0.39, 0.29) is 5.91 Å². The number of carbonyl (C=O) groups excluding carboxylic acids is 1. The van der Waals surface area contributed by atoms with Crippen LogP contribution in [0.1, 0.15) is 48.2 Å². The van der Waals surface area contributed by atoms with E-state index < -0.39 is 0 Å². The fourth-order valence-electron chi connectivity index (χ4n) is 2.29. The van der Waals surface area contributed by atoms with Gasteiger partial charge >= 0.3 is 0 Å². The second kappa shape index (κ2) is 4.52. The van der Waals surface area contributed by atoms with Crippen molar-refractivity contribution in [2.45, 2.75) is 33.1 Å². The summed E-state index contributed by atoms with van der Waals surface area (Å²) in [5.74, 6) is 1.35. The Morgan fingerprint density at radius 3 is 2.59 bits per heavy atom. The van der Waals surface area contributed by atoms with Crippen LogP contribution in [0, 0.1) is 5.92 Å². The van der Waals surface area contributed by atoms with Gasteiger partial charge in [0.1, 0.15) is 0 Å². The monoisotopic (exact) mass is 231 g/mol. The third kappa shape index (κ3) is 2.21. The molecule has 2 nitrogen and oxygen atoms in total. The molecule has 1 unspecified atom stereocenters. The second-order valence-corrected chi connectivity index (χ2v) is 5.43. The van der Waals surface area contributed by atoms with Gasteiger partial charge in [-0.15, -0.1) is 0 Å². The van der Waals surface area contributed by atoms with Crippen LogP contribution in [-0.4, -0.2) is 24.4 Å². The van der Waals surface area contributed by atoms with Crippen molar-refractivity contribution < 1.29 is 4.79 Å². The Hall–Kier alpha value is -1.31. The molecule has 0 fully saturated rings. The molecule has 1 aromatic carbocycles. The van der Waals surface area contributed by atoms with Crippen LogP contribution >= 0.6 is 0 Å². The van der Waals surface area contributed by atoms with E-state index in [1.54, 1.807) is 4.90 Å². The summed E-state index contributed by atoms with van der Waals surface area (Å²) in [5.41, 5.74) is 3.47. The summed E-state index contributed by atoms with van der Waals surface area (Å²) in [4.78, 5) is 13.8. The molecule has 1 aromatic rings.